The van der Waals surface area contributed by atoms with Crippen molar-refractivity contribution in [1.82, 2.24) is 9.88 Å². The highest BCUT2D eigenvalue weighted by atomic mass is 35.5. The van der Waals surface area contributed by atoms with Crippen molar-refractivity contribution in [2.45, 2.75) is 31.8 Å². The van der Waals surface area contributed by atoms with Gasteiger partial charge in [-0.3, -0.25) is 14.2 Å². The van der Waals surface area contributed by atoms with Crippen LogP contribution in [0.25, 0.3) is 11.1 Å². The zero-order valence-corrected chi connectivity index (χ0v) is 15.7. The van der Waals surface area contributed by atoms with E-state index >= 15 is 0 Å². The lowest BCUT2D eigenvalue weighted by Crippen LogP contribution is -2.25. The molecule has 2 amide bonds. The number of nitrogens with zero attached hydrogens (tertiary/aromatic N) is 1. The van der Waals surface area contributed by atoms with E-state index < -0.39 is 5.76 Å². The number of carbonyl (C=O) groups excluding carboxylic acids is 2. The quantitative estimate of drug-likeness (QED) is 0.665. The van der Waals surface area contributed by atoms with Gasteiger partial charge in [0.2, 0.25) is 5.91 Å². The molecular formula is C20H18ClN3O4. The summed E-state index contributed by atoms with van der Waals surface area (Å²) in [4.78, 5) is 36.4. The normalized spacial score (nSPS) is 13.5. The Bertz CT molecular complexity index is 1110. The number of halogens is 1. The molecule has 1 heterocycles. The van der Waals surface area contributed by atoms with Crippen LogP contribution in [0.1, 0.15) is 29.6 Å². The van der Waals surface area contributed by atoms with Crippen molar-refractivity contribution in [1.29, 1.82) is 0 Å². The number of anilines is 1. The zero-order chi connectivity index (χ0) is 19.7. The minimum atomic E-state index is -0.538. The summed E-state index contributed by atoms with van der Waals surface area (Å²) in [6, 6.07) is 11.9. The number of hydrogen-bond donors (Lipinski definition) is 2. The molecule has 1 aliphatic carbocycles. The Morgan fingerprint density at radius 1 is 1.18 bits per heavy atom. The van der Waals surface area contributed by atoms with Crippen LogP contribution >= 0.6 is 11.6 Å². The van der Waals surface area contributed by atoms with E-state index in [0.29, 0.717) is 27.4 Å². The van der Waals surface area contributed by atoms with Gasteiger partial charge in [0.25, 0.3) is 5.91 Å². The first-order valence-electron chi connectivity index (χ1n) is 8.99. The lowest BCUT2D eigenvalue weighted by molar-refractivity contribution is -0.116. The minimum absolute atomic E-state index is 0.0790. The van der Waals surface area contributed by atoms with E-state index in [1.54, 1.807) is 42.5 Å². The number of rotatable bonds is 6. The standard InChI is InChI=1S/C20H18ClN3O4/c21-13-4-7-16-17(11-13)28-20(27)24(16)9-8-18(25)22-15-3-1-2-12(10-15)19(26)23-14-5-6-14/h1-4,7,10-11,14H,5-6,8-9H2,(H,22,25)(H,23,26). The SMILES string of the molecule is O=C(CCn1c(=O)oc2cc(Cl)ccc21)Nc1cccc(C(=O)NC2CC2)c1. The smallest absolute Gasteiger partial charge is 0.408 e. The minimum Gasteiger partial charge on any atom is -0.408 e. The summed E-state index contributed by atoms with van der Waals surface area (Å²) in [6.45, 7) is 0.168. The van der Waals surface area contributed by atoms with E-state index in [-0.39, 0.29) is 30.8 Å². The molecule has 8 heteroatoms. The summed E-state index contributed by atoms with van der Waals surface area (Å²) in [6.07, 6.45) is 2.10. The fraction of sp³-hybridized carbons (Fsp3) is 0.250. The number of aryl methyl sites for hydroxylation is 1. The van der Waals surface area contributed by atoms with Crippen LogP contribution in [0, 0.1) is 0 Å². The molecule has 0 spiro atoms. The van der Waals surface area contributed by atoms with Crippen molar-refractivity contribution in [2.24, 2.45) is 0 Å². The molecular weight excluding hydrogens is 382 g/mol. The molecule has 0 unspecified atom stereocenters. The van der Waals surface area contributed by atoms with Gasteiger partial charge in [0.1, 0.15) is 0 Å². The maximum atomic E-state index is 12.3. The Labute approximate surface area is 165 Å². The predicted molar refractivity (Wildman–Crippen MR) is 106 cm³/mol. The Morgan fingerprint density at radius 3 is 2.79 bits per heavy atom. The zero-order valence-electron chi connectivity index (χ0n) is 14.9. The summed E-state index contributed by atoms with van der Waals surface area (Å²) >= 11 is 5.90. The molecule has 1 saturated carbocycles. The molecule has 0 saturated heterocycles. The van der Waals surface area contributed by atoms with E-state index in [2.05, 4.69) is 10.6 Å². The summed E-state index contributed by atoms with van der Waals surface area (Å²) in [5.74, 6) is -0.951. The number of oxazole rings is 1. The van der Waals surface area contributed by atoms with Crippen molar-refractivity contribution < 1.29 is 14.0 Å². The van der Waals surface area contributed by atoms with Crippen LogP contribution in [0.2, 0.25) is 5.02 Å². The lowest BCUT2D eigenvalue weighted by Gasteiger charge is -2.08. The second kappa shape index (κ2) is 7.52. The first-order valence-corrected chi connectivity index (χ1v) is 9.37. The van der Waals surface area contributed by atoms with Crippen molar-refractivity contribution in [3.8, 4) is 0 Å². The highest BCUT2D eigenvalue weighted by molar-refractivity contribution is 6.31. The molecule has 1 aliphatic rings. The molecule has 4 rings (SSSR count). The Balaban J connectivity index is 1.40. The van der Waals surface area contributed by atoms with Gasteiger partial charge in [-0.05, 0) is 43.2 Å². The monoisotopic (exact) mass is 399 g/mol. The van der Waals surface area contributed by atoms with Crippen LogP contribution in [0.4, 0.5) is 5.69 Å². The van der Waals surface area contributed by atoms with Crippen LogP contribution in [-0.4, -0.2) is 22.4 Å². The van der Waals surface area contributed by atoms with Crippen LogP contribution < -0.4 is 16.4 Å². The van der Waals surface area contributed by atoms with Gasteiger partial charge in [0.15, 0.2) is 5.58 Å². The topological polar surface area (TPSA) is 93.3 Å². The molecule has 0 bridgehead atoms. The van der Waals surface area contributed by atoms with Gasteiger partial charge < -0.3 is 15.1 Å². The largest absolute Gasteiger partial charge is 0.419 e. The highest BCUT2D eigenvalue weighted by Gasteiger charge is 2.23. The van der Waals surface area contributed by atoms with Crippen molar-refractivity contribution >= 4 is 40.2 Å². The number of aromatic nitrogens is 1. The summed E-state index contributed by atoms with van der Waals surface area (Å²) in [5, 5.41) is 6.14. The molecule has 2 aromatic carbocycles. The maximum absolute atomic E-state index is 12.3. The first kappa shape index (κ1) is 18.3. The third-order valence-corrected chi connectivity index (χ3v) is 4.75. The Hall–Kier alpha value is -3.06. The molecule has 2 N–H and O–H groups in total. The highest BCUT2D eigenvalue weighted by Crippen LogP contribution is 2.20. The van der Waals surface area contributed by atoms with Crippen LogP contribution in [0.5, 0.6) is 0 Å². The average Bonchev–Trinajstić information content (AvgIpc) is 3.41. The molecule has 28 heavy (non-hydrogen) atoms. The van der Waals surface area contributed by atoms with Gasteiger partial charge in [-0.1, -0.05) is 17.7 Å². The molecule has 3 aromatic rings. The van der Waals surface area contributed by atoms with E-state index in [9.17, 15) is 14.4 Å². The second-order valence-electron chi connectivity index (χ2n) is 6.76. The van der Waals surface area contributed by atoms with E-state index in [1.807, 2.05) is 0 Å². The summed E-state index contributed by atoms with van der Waals surface area (Å²) in [5.41, 5.74) is 2.00. The van der Waals surface area contributed by atoms with Gasteiger partial charge in [-0.15, -0.1) is 0 Å². The fourth-order valence-corrected chi connectivity index (χ4v) is 3.09. The number of fused-ring (bicyclic) bond motifs is 1. The third-order valence-electron chi connectivity index (χ3n) is 4.51. The van der Waals surface area contributed by atoms with Gasteiger partial charge in [0, 0.05) is 41.3 Å². The third kappa shape index (κ3) is 4.09. The van der Waals surface area contributed by atoms with Crippen molar-refractivity contribution in [3.05, 3.63) is 63.6 Å². The molecule has 1 fully saturated rings. The van der Waals surface area contributed by atoms with Gasteiger partial charge in [-0.2, -0.15) is 0 Å². The number of amides is 2. The van der Waals surface area contributed by atoms with Crippen molar-refractivity contribution in [3.63, 3.8) is 0 Å². The van der Waals surface area contributed by atoms with Gasteiger partial charge in [-0.25, -0.2) is 4.79 Å². The van der Waals surface area contributed by atoms with Crippen molar-refractivity contribution in [2.75, 3.05) is 5.32 Å². The molecule has 0 radical (unpaired) electrons. The van der Waals surface area contributed by atoms with Crippen LogP contribution in [-0.2, 0) is 11.3 Å². The number of hydrogen-bond acceptors (Lipinski definition) is 4. The first-order chi connectivity index (χ1) is 13.5. The predicted octanol–water partition coefficient (Wildman–Crippen LogP) is 3.17. The number of carbonyl (C=O) groups is 2. The number of nitrogens with one attached hydrogen (secondary N) is 2. The fourth-order valence-electron chi connectivity index (χ4n) is 2.92. The Kier molecular flexibility index (Phi) is 4.92. The second-order valence-corrected chi connectivity index (χ2v) is 7.19. The molecule has 0 aliphatic heterocycles. The van der Waals surface area contributed by atoms with Gasteiger partial charge >= 0.3 is 5.76 Å². The average molecular weight is 400 g/mol. The van der Waals surface area contributed by atoms with Gasteiger partial charge in [0.05, 0.1) is 5.52 Å². The van der Waals surface area contributed by atoms with E-state index in [4.69, 9.17) is 16.0 Å². The lowest BCUT2D eigenvalue weighted by atomic mass is 10.2. The number of benzene rings is 2. The summed E-state index contributed by atoms with van der Waals surface area (Å²) in [7, 11) is 0. The van der Waals surface area contributed by atoms with E-state index in [1.165, 1.54) is 4.57 Å². The molecule has 144 valence electrons. The molecule has 0 atom stereocenters. The van der Waals surface area contributed by atoms with Crippen LogP contribution in [0.3, 0.4) is 0 Å². The molecule has 7 nitrogen and oxygen atoms in total. The molecule has 1 aromatic heterocycles. The van der Waals surface area contributed by atoms with Crippen LogP contribution in [0.15, 0.2) is 51.7 Å². The Morgan fingerprint density at radius 2 is 2.00 bits per heavy atom. The van der Waals surface area contributed by atoms with E-state index in [0.717, 1.165) is 12.8 Å². The maximum Gasteiger partial charge on any atom is 0.419 e. The summed E-state index contributed by atoms with van der Waals surface area (Å²) < 4.78 is 6.55.